The van der Waals surface area contributed by atoms with Crippen LogP contribution in [0.1, 0.15) is 36.5 Å². The largest absolute Gasteiger partial charge is 0.376 e. The van der Waals surface area contributed by atoms with Gasteiger partial charge in [0.1, 0.15) is 11.9 Å². The summed E-state index contributed by atoms with van der Waals surface area (Å²) in [5, 5.41) is 13.1. The fraction of sp³-hybridized carbons (Fsp3) is 0.458. The van der Waals surface area contributed by atoms with Gasteiger partial charge in [-0.15, -0.1) is 0 Å². The average Bonchev–Trinajstić information content (AvgIpc) is 3.62. The van der Waals surface area contributed by atoms with Gasteiger partial charge in [0.05, 0.1) is 24.5 Å². The van der Waals surface area contributed by atoms with E-state index in [9.17, 15) is 10.1 Å². The molecule has 7 nitrogen and oxygen atoms in total. The Morgan fingerprint density at radius 1 is 1.23 bits per heavy atom. The van der Waals surface area contributed by atoms with Gasteiger partial charge < -0.3 is 19.9 Å². The van der Waals surface area contributed by atoms with Crippen LogP contribution in [0.25, 0.3) is 11.3 Å². The highest BCUT2D eigenvalue weighted by Crippen LogP contribution is 2.35. The number of pyridine rings is 1. The fourth-order valence-electron chi connectivity index (χ4n) is 4.56. The second kappa shape index (κ2) is 8.20. The zero-order chi connectivity index (χ0) is 21.4. The van der Waals surface area contributed by atoms with Gasteiger partial charge in [0.25, 0.3) is 0 Å². The predicted molar refractivity (Wildman–Crippen MR) is 118 cm³/mol. The summed E-state index contributed by atoms with van der Waals surface area (Å²) in [6.07, 6.45) is 2.88. The molecule has 1 unspecified atom stereocenters. The number of rotatable bonds is 3. The Labute approximate surface area is 182 Å². The van der Waals surface area contributed by atoms with Crippen LogP contribution in [0.15, 0.2) is 30.3 Å². The summed E-state index contributed by atoms with van der Waals surface area (Å²) in [6.45, 7) is 5.09. The molecule has 1 saturated heterocycles. The molecular weight excluding hydrogens is 390 g/mol. The number of anilines is 1. The monoisotopic (exact) mass is 417 g/mol. The lowest BCUT2D eigenvalue weighted by Gasteiger charge is -2.41. The lowest BCUT2D eigenvalue weighted by atomic mass is 9.93. The Bertz CT molecular complexity index is 1030. The Morgan fingerprint density at radius 3 is 2.74 bits per heavy atom. The summed E-state index contributed by atoms with van der Waals surface area (Å²) in [5.74, 6) is 0.733. The van der Waals surface area contributed by atoms with Crippen molar-refractivity contribution in [2.75, 3.05) is 31.1 Å². The van der Waals surface area contributed by atoms with E-state index >= 15 is 0 Å². The molecule has 7 heteroatoms. The molecule has 0 bridgehead atoms. The van der Waals surface area contributed by atoms with Crippen molar-refractivity contribution in [3.63, 3.8) is 0 Å². The van der Waals surface area contributed by atoms with Crippen LogP contribution in [0.4, 0.5) is 10.6 Å². The third-order valence-electron chi connectivity index (χ3n) is 6.39. The van der Waals surface area contributed by atoms with Crippen LogP contribution < -0.4 is 10.2 Å². The highest BCUT2D eigenvalue weighted by Gasteiger charge is 2.33. The van der Waals surface area contributed by atoms with Crippen LogP contribution in [-0.4, -0.2) is 54.2 Å². The third-order valence-corrected chi connectivity index (χ3v) is 6.39. The molecule has 5 rings (SSSR count). The number of amides is 2. The number of carbonyl (C=O) groups excluding carboxylic acids is 1. The number of hydrogen-bond donors (Lipinski definition) is 1. The minimum absolute atomic E-state index is 0.0238. The first-order chi connectivity index (χ1) is 15.2. The second-order valence-electron chi connectivity index (χ2n) is 8.61. The molecule has 1 N–H and O–H groups in total. The van der Waals surface area contributed by atoms with Crippen LogP contribution >= 0.6 is 0 Å². The first-order valence-corrected chi connectivity index (χ1v) is 11.1. The van der Waals surface area contributed by atoms with Gasteiger partial charge in [-0.05, 0) is 31.7 Å². The van der Waals surface area contributed by atoms with E-state index in [4.69, 9.17) is 9.72 Å². The molecule has 3 heterocycles. The van der Waals surface area contributed by atoms with Crippen LogP contribution in [0, 0.1) is 11.3 Å². The maximum Gasteiger partial charge on any atom is 0.317 e. The molecule has 2 fully saturated rings. The van der Waals surface area contributed by atoms with E-state index in [2.05, 4.69) is 35.3 Å². The lowest BCUT2D eigenvalue weighted by molar-refractivity contribution is 0.111. The molecule has 1 atom stereocenters. The van der Waals surface area contributed by atoms with Crippen LogP contribution in [0.5, 0.6) is 0 Å². The highest BCUT2D eigenvalue weighted by molar-refractivity contribution is 5.76. The second-order valence-corrected chi connectivity index (χ2v) is 8.61. The van der Waals surface area contributed by atoms with Gasteiger partial charge in [-0.3, -0.25) is 0 Å². The number of nitrogens with one attached hydrogen (secondary N) is 1. The molecule has 2 amide bonds. The molecule has 1 aromatic heterocycles. The zero-order valence-electron chi connectivity index (χ0n) is 17.8. The Balaban J connectivity index is 1.49. The van der Waals surface area contributed by atoms with Gasteiger partial charge in [-0.1, -0.05) is 30.3 Å². The standard InChI is InChI=1S/C24H27N5O2/c1-16-14-28(10-11-29(16)24(30)26-18-7-8-18)23-20(13-25)19-9-12-31-15-21(19)22(27-23)17-5-3-2-4-6-17/h2-6,16,18H,7-12,14-15H2,1H3,(H,26,30). The number of nitrogens with zero attached hydrogens (tertiary/aromatic N) is 4. The summed E-state index contributed by atoms with van der Waals surface area (Å²) in [6, 6.07) is 12.9. The summed E-state index contributed by atoms with van der Waals surface area (Å²) in [4.78, 5) is 21.7. The molecule has 1 aliphatic carbocycles. The topological polar surface area (TPSA) is 81.5 Å². The van der Waals surface area contributed by atoms with Crippen LogP contribution in [-0.2, 0) is 17.8 Å². The normalized spacial score (nSPS) is 20.7. The summed E-state index contributed by atoms with van der Waals surface area (Å²) >= 11 is 0. The molecule has 3 aliphatic rings. The van der Waals surface area contributed by atoms with E-state index in [1.165, 1.54) is 0 Å². The number of fused-ring (bicyclic) bond motifs is 1. The van der Waals surface area contributed by atoms with Crippen molar-refractivity contribution in [3.05, 3.63) is 47.0 Å². The Hall–Kier alpha value is -3.11. The van der Waals surface area contributed by atoms with E-state index in [0.29, 0.717) is 50.9 Å². The van der Waals surface area contributed by atoms with Crippen molar-refractivity contribution >= 4 is 11.8 Å². The number of hydrogen-bond acceptors (Lipinski definition) is 5. The number of urea groups is 1. The van der Waals surface area contributed by atoms with Gasteiger partial charge in [0.15, 0.2) is 0 Å². The van der Waals surface area contributed by atoms with Crippen molar-refractivity contribution < 1.29 is 9.53 Å². The van der Waals surface area contributed by atoms with Crippen molar-refractivity contribution in [1.29, 1.82) is 5.26 Å². The van der Waals surface area contributed by atoms with Gasteiger partial charge in [-0.25, -0.2) is 9.78 Å². The summed E-state index contributed by atoms with van der Waals surface area (Å²) < 4.78 is 5.72. The molecule has 2 aliphatic heterocycles. The summed E-state index contributed by atoms with van der Waals surface area (Å²) in [5.41, 5.74) is 4.66. The molecule has 31 heavy (non-hydrogen) atoms. The van der Waals surface area contributed by atoms with E-state index in [0.717, 1.165) is 41.0 Å². The molecular formula is C24H27N5O2. The lowest BCUT2D eigenvalue weighted by Crippen LogP contribution is -2.57. The van der Waals surface area contributed by atoms with Gasteiger partial charge in [0.2, 0.25) is 0 Å². The highest BCUT2D eigenvalue weighted by atomic mass is 16.5. The predicted octanol–water partition coefficient (Wildman–Crippen LogP) is 3.08. The smallest absolute Gasteiger partial charge is 0.317 e. The minimum atomic E-state index is 0.0238. The van der Waals surface area contributed by atoms with Crippen molar-refractivity contribution in [3.8, 4) is 17.3 Å². The maximum atomic E-state index is 12.6. The Kier molecular flexibility index (Phi) is 5.24. The van der Waals surface area contributed by atoms with E-state index in [-0.39, 0.29) is 12.1 Å². The number of ether oxygens (including phenoxy) is 1. The van der Waals surface area contributed by atoms with E-state index < -0.39 is 0 Å². The molecule has 1 saturated carbocycles. The first kappa shape index (κ1) is 19.8. The number of benzene rings is 1. The third kappa shape index (κ3) is 3.84. The quantitative estimate of drug-likeness (QED) is 0.830. The van der Waals surface area contributed by atoms with Crippen molar-refractivity contribution in [2.24, 2.45) is 0 Å². The van der Waals surface area contributed by atoms with Gasteiger partial charge in [0, 0.05) is 42.8 Å². The molecule has 0 spiro atoms. The molecule has 0 radical (unpaired) electrons. The van der Waals surface area contributed by atoms with E-state index in [1.807, 2.05) is 23.1 Å². The first-order valence-electron chi connectivity index (χ1n) is 11.1. The van der Waals surface area contributed by atoms with Gasteiger partial charge in [-0.2, -0.15) is 5.26 Å². The zero-order valence-corrected chi connectivity index (χ0v) is 17.8. The Morgan fingerprint density at radius 2 is 2.03 bits per heavy atom. The van der Waals surface area contributed by atoms with Gasteiger partial charge >= 0.3 is 6.03 Å². The summed E-state index contributed by atoms with van der Waals surface area (Å²) in [7, 11) is 0. The number of nitriles is 1. The van der Waals surface area contributed by atoms with Crippen LogP contribution in [0.2, 0.25) is 0 Å². The number of piperazine rings is 1. The fourth-order valence-corrected chi connectivity index (χ4v) is 4.56. The van der Waals surface area contributed by atoms with E-state index in [1.54, 1.807) is 0 Å². The maximum absolute atomic E-state index is 12.6. The number of carbonyl (C=O) groups is 1. The van der Waals surface area contributed by atoms with Crippen molar-refractivity contribution in [1.82, 2.24) is 15.2 Å². The molecule has 160 valence electrons. The molecule has 1 aromatic carbocycles. The number of aromatic nitrogens is 1. The minimum Gasteiger partial charge on any atom is -0.376 e. The van der Waals surface area contributed by atoms with Crippen molar-refractivity contribution in [2.45, 2.75) is 44.9 Å². The SMILES string of the molecule is CC1CN(c2nc(-c3ccccc3)c3c(c2C#N)CCOC3)CCN1C(=O)NC1CC1. The average molecular weight is 418 g/mol. The molecule has 2 aromatic rings. The van der Waals surface area contributed by atoms with Crippen LogP contribution in [0.3, 0.4) is 0 Å².